The Morgan fingerprint density at radius 3 is 3.00 bits per heavy atom. The summed E-state index contributed by atoms with van der Waals surface area (Å²) in [7, 11) is 0. The Balaban J connectivity index is 1.95. The lowest BCUT2D eigenvalue weighted by Gasteiger charge is -2.36. The van der Waals surface area contributed by atoms with Crippen LogP contribution in [-0.2, 0) is 14.3 Å². The van der Waals surface area contributed by atoms with Gasteiger partial charge in [-0.1, -0.05) is 17.7 Å². The number of cyclic esters (lactones) is 1. The quantitative estimate of drug-likeness (QED) is 0.675. The molecule has 0 radical (unpaired) electrons. The summed E-state index contributed by atoms with van der Waals surface area (Å²) in [6.45, 7) is 1.94. The van der Waals surface area contributed by atoms with Crippen molar-refractivity contribution in [3.8, 4) is 0 Å². The van der Waals surface area contributed by atoms with Gasteiger partial charge in [0, 0.05) is 34.3 Å². The van der Waals surface area contributed by atoms with Gasteiger partial charge in [0.25, 0.3) is 0 Å². The molecule has 1 aromatic carbocycles. The van der Waals surface area contributed by atoms with Crippen molar-refractivity contribution < 1.29 is 23.5 Å². The number of hydrogen-bond donors (Lipinski definition) is 0. The van der Waals surface area contributed by atoms with Crippen LogP contribution in [0.25, 0.3) is 0 Å². The number of thiazole rings is 1. The Hall–Kier alpha value is -2.78. The van der Waals surface area contributed by atoms with Gasteiger partial charge in [0.1, 0.15) is 11.9 Å². The summed E-state index contributed by atoms with van der Waals surface area (Å²) in [6, 6.07) is 3.00. The molecule has 1 saturated heterocycles. The molecule has 4 rings (SSSR count). The van der Waals surface area contributed by atoms with E-state index in [2.05, 4.69) is 9.98 Å². The second-order valence-corrected chi connectivity index (χ2v) is 7.44. The molecule has 1 atom stereocenters. The van der Waals surface area contributed by atoms with Crippen LogP contribution in [0.4, 0.5) is 9.18 Å². The van der Waals surface area contributed by atoms with Crippen LogP contribution < -0.4 is 0 Å². The molecule has 2 aliphatic heterocycles. The molecule has 3 heterocycles. The van der Waals surface area contributed by atoms with Crippen LogP contribution in [0.5, 0.6) is 0 Å². The third kappa shape index (κ3) is 3.51. The monoisotopic (exact) mass is 435 g/mol. The summed E-state index contributed by atoms with van der Waals surface area (Å²) in [5.74, 6) is -0.875. The molecule has 2 aliphatic rings. The molecule has 0 saturated carbocycles. The highest BCUT2D eigenvalue weighted by atomic mass is 35.5. The molecule has 29 heavy (non-hydrogen) atoms. The van der Waals surface area contributed by atoms with E-state index in [-0.39, 0.29) is 29.6 Å². The average molecular weight is 436 g/mol. The number of carbonyl (C=O) groups excluding carboxylic acids is 2. The molecule has 150 valence electrons. The number of fused-ring (bicyclic) bond motifs is 1. The highest BCUT2D eigenvalue weighted by molar-refractivity contribution is 7.11. The van der Waals surface area contributed by atoms with Crippen molar-refractivity contribution in [2.75, 3.05) is 13.2 Å². The minimum atomic E-state index is -0.877. The summed E-state index contributed by atoms with van der Waals surface area (Å²) in [5, 5.41) is 2.34. The average Bonchev–Trinajstić information content (AvgIpc) is 3.22. The van der Waals surface area contributed by atoms with Crippen LogP contribution in [0.15, 0.2) is 46.0 Å². The fourth-order valence-electron chi connectivity index (χ4n) is 3.26. The van der Waals surface area contributed by atoms with Crippen LogP contribution >= 0.6 is 22.9 Å². The van der Waals surface area contributed by atoms with Crippen molar-refractivity contribution in [1.29, 1.82) is 0 Å². The number of esters is 1. The topological polar surface area (TPSA) is 81.1 Å². The number of halogens is 2. The smallest absolute Gasteiger partial charge is 0.420 e. The number of hydrogen-bond acceptors (Lipinski definition) is 7. The lowest BCUT2D eigenvalue weighted by atomic mass is 9.93. The zero-order valence-corrected chi connectivity index (χ0v) is 16.8. The normalized spacial score (nSPS) is 18.9. The predicted octanol–water partition coefficient (Wildman–Crippen LogP) is 4.10. The molecule has 1 unspecified atom stereocenters. The van der Waals surface area contributed by atoms with E-state index < -0.39 is 23.9 Å². The van der Waals surface area contributed by atoms with Gasteiger partial charge < -0.3 is 9.47 Å². The van der Waals surface area contributed by atoms with Crippen LogP contribution in [0, 0.1) is 5.82 Å². The first-order valence-electron chi connectivity index (χ1n) is 8.81. The second-order valence-electron chi connectivity index (χ2n) is 6.14. The molecule has 2 aromatic rings. The van der Waals surface area contributed by atoms with E-state index in [1.807, 2.05) is 0 Å². The fourth-order valence-corrected chi connectivity index (χ4v) is 4.16. The van der Waals surface area contributed by atoms with E-state index in [4.69, 9.17) is 21.1 Å². The number of nitrogens with zero attached hydrogens (tertiary/aromatic N) is 3. The van der Waals surface area contributed by atoms with Gasteiger partial charge in [0.05, 0.1) is 18.8 Å². The summed E-state index contributed by atoms with van der Waals surface area (Å²) < 4.78 is 24.0. The van der Waals surface area contributed by atoms with Crippen molar-refractivity contribution in [3.63, 3.8) is 0 Å². The Labute approximate surface area is 174 Å². The third-order valence-electron chi connectivity index (χ3n) is 4.44. The van der Waals surface area contributed by atoms with Crippen molar-refractivity contribution in [2.45, 2.75) is 19.4 Å². The first-order valence-corrected chi connectivity index (χ1v) is 10.1. The number of amides is 1. The number of carbonyl (C=O) groups is 2. The zero-order valence-electron chi connectivity index (χ0n) is 15.2. The summed E-state index contributed by atoms with van der Waals surface area (Å²) in [6.07, 6.45) is 1.23. The van der Waals surface area contributed by atoms with E-state index in [9.17, 15) is 14.0 Å². The highest BCUT2D eigenvalue weighted by Gasteiger charge is 2.42. The Kier molecular flexibility index (Phi) is 5.33. The lowest BCUT2D eigenvalue weighted by Crippen LogP contribution is -2.45. The molecule has 7 nitrogen and oxygen atoms in total. The lowest BCUT2D eigenvalue weighted by molar-refractivity contribution is -0.139. The number of aliphatic imine (C=N–C) groups is 1. The second kappa shape index (κ2) is 7.92. The van der Waals surface area contributed by atoms with E-state index in [0.29, 0.717) is 22.7 Å². The first kappa shape index (κ1) is 19.5. The van der Waals surface area contributed by atoms with Crippen LogP contribution in [0.3, 0.4) is 0 Å². The minimum Gasteiger partial charge on any atom is -0.463 e. The van der Waals surface area contributed by atoms with Crippen molar-refractivity contribution in [2.24, 2.45) is 4.99 Å². The van der Waals surface area contributed by atoms with Crippen LogP contribution in [0.1, 0.15) is 30.0 Å². The van der Waals surface area contributed by atoms with Gasteiger partial charge >= 0.3 is 12.1 Å². The van der Waals surface area contributed by atoms with E-state index >= 15 is 0 Å². The summed E-state index contributed by atoms with van der Waals surface area (Å²) >= 11 is 7.57. The number of amidine groups is 1. The maximum absolute atomic E-state index is 13.6. The predicted molar refractivity (Wildman–Crippen MR) is 104 cm³/mol. The fraction of sp³-hybridized carbons (Fsp3) is 0.263. The number of rotatable bonds is 4. The van der Waals surface area contributed by atoms with E-state index in [1.165, 1.54) is 28.4 Å². The molecule has 0 N–H and O–H groups in total. The number of aromatic nitrogens is 1. The third-order valence-corrected chi connectivity index (χ3v) is 5.54. The standard InChI is InChI=1S/C19H15ClFN3O4S/c1-2-27-18(25)14-13-5-7-28-19(26)24(13)16(17-22-6-8-29-17)23-15(14)11-4-3-10(21)9-12(11)20/h3-4,6,8-9,15H,2,5,7H2,1H3. The molecule has 0 aliphatic carbocycles. The molecule has 1 fully saturated rings. The van der Waals surface area contributed by atoms with Gasteiger partial charge in [0.2, 0.25) is 0 Å². The molecular weight excluding hydrogens is 421 g/mol. The van der Waals surface area contributed by atoms with Gasteiger partial charge in [-0.05, 0) is 19.1 Å². The minimum absolute atomic E-state index is 0.114. The van der Waals surface area contributed by atoms with E-state index in [1.54, 1.807) is 18.5 Å². The van der Waals surface area contributed by atoms with Gasteiger partial charge in [0.15, 0.2) is 10.8 Å². The van der Waals surface area contributed by atoms with Crippen molar-refractivity contribution in [3.05, 3.63) is 62.5 Å². The first-order chi connectivity index (χ1) is 14.0. The highest BCUT2D eigenvalue weighted by Crippen LogP contribution is 2.41. The van der Waals surface area contributed by atoms with Crippen LogP contribution in [0.2, 0.25) is 5.02 Å². The Morgan fingerprint density at radius 2 is 2.31 bits per heavy atom. The van der Waals surface area contributed by atoms with Gasteiger partial charge in [-0.2, -0.15) is 0 Å². The molecular formula is C19H15ClFN3O4S. The van der Waals surface area contributed by atoms with Gasteiger partial charge in [-0.25, -0.2) is 23.9 Å². The molecule has 0 bridgehead atoms. The van der Waals surface area contributed by atoms with Gasteiger partial charge in [-0.15, -0.1) is 11.3 Å². The SMILES string of the molecule is CCOC(=O)C1=C2CCOC(=O)N2C(c2nccs2)=NC1c1ccc(F)cc1Cl. The maximum atomic E-state index is 13.6. The van der Waals surface area contributed by atoms with Crippen molar-refractivity contribution in [1.82, 2.24) is 9.88 Å². The largest absolute Gasteiger partial charge is 0.463 e. The maximum Gasteiger partial charge on any atom is 0.420 e. The molecule has 0 spiro atoms. The van der Waals surface area contributed by atoms with Crippen LogP contribution in [-0.4, -0.2) is 41.0 Å². The summed E-state index contributed by atoms with van der Waals surface area (Å²) in [4.78, 5) is 35.5. The zero-order chi connectivity index (χ0) is 20.5. The molecule has 1 amide bonds. The van der Waals surface area contributed by atoms with E-state index in [0.717, 1.165) is 6.07 Å². The molecule has 1 aromatic heterocycles. The molecule has 10 heteroatoms. The van der Waals surface area contributed by atoms with Gasteiger partial charge in [-0.3, -0.25) is 4.99 Å². The Bertz CT molecular complexity index is 1040. The number of ether oxygens (including phenoxy) is 2. The summed E-state index contributed by atoms with van der Waals surface area (Å²) in [5.41, 5.74) is 1.03. The van der Waals surface area contributed by atoms with Crippen molar-refractivity contribution >= 4 is 40.8 Å². The Morgan fingerprint density at radius 1 is 1.48 bits per heavy atom. The number of benzene rings is 1.